The Morgan fingerprint density at radius 2 is 1.59 bits per heavy atom. The van der Waals surface area contributed by atoms with Crippen LogP contribution >= 0.6 is 11.6 Å². The molecule has 0 saturated carbocycles. The lowest BCUT2D eigenvalue weighted by molar-refractivity contribution is -0.115. The van der Waals surface area contributed by atoms with Crippen molar-refractivity contribution < 1.29 is 4.79 Å². The van der Waals surface area contributed by atoms with Crippen molar-refractivity contribution in [2.24, 2.45) is 0 Å². The summed E-state index contributed by atoms with van der Waals surface area (Å²) in [4.78, 5) is 11.4. The van der Waals surface area contributed by atoms with Crippen LogP contribution in [0, 0.1) is 0 Å². The molecule has 1 atom stereocenters. The standard InChI is InChI=1S/C18H21ClN2O/c1-3-17(13-5-7-14(19)8-6-13)20-15-9-11-16(12-10-15)21-18(22)4-2/h5-12,17,20H,3-4H2,1-2H3,(H,21,22). The van der Waals surface area contributed by atoms with Crippen LogP contribution in [0.1, 0.15) is 38.3 Å². The molecule has 0 aromatic heterocycles. The zero-order chi connectivity index (χ0) is 15.9. The lowest BCUT2D eigenvalue weighted by Gasteiger charge is -2.19. The van der Waals surface area contributed by atoms with Gasteiger partial charge in [-0.15, -0.1) is 0 Å². The number of hydrogen-bond acceptors (Lipinski definition) is 2. The summed E-state index contributed by atoms with van der Waals surface area (Å²) in [6.07, 6.45) is 1.45. The molecular formula is C18H21ClN2O. The summed E-state index contributed by atoms with van der Waals surface area (Å²) in [7, 11) is 0. The van der Waals surface area contributed by atoms with Gasteiger partial charge in [-0.05, 0) is 48.4 Å². The minimum Gasteiger partial charge on any atom is -0.378 e. The molecule has 1 unspecified atom stereocenters. The molecular weight excluding hydrogens is 296 g/mol. The van der Waals surface area contributed by atoms with E-state index in [9.17, 15) is 4.79 Å². The molecule has 0 aliphatic heterocycles. The molecule has 2 aromatic rings. The molecule has 0 spiro atoms. The minimum atomic E-state index is 0.0216. The highest BCUT2D eigenvalue weighted by Crippen LogP contribution is 2.24. The monoisotopic (exact) mass is 316 g/mol. The number of carbonyl (C=O) groups excluding carboxylic acids is 1. The molecule has 2 rings (SSSR count). The Labute approximate surface area is 136 Å². The van der Waals surface area contributed by atoms with Crippen LogP contribution in [0.15, 0.2) is 48.5 Å². The van der Waals surface area contributed by atoms with Gasteiger partial charge in [-0.3, -0.25) is 4.79 Å². The van der Waals surface area contributed by atoms with Gasteiger partial charge < -0.3 is 10.6 Å². The van der Waals surface area contributed by atoms with Crippen LogP contribution in [0.25, 0.3) is 0 Å². The summed E-state index contributed by atoms with van der Waals surface area (Å²) in [5.74, 6) is 0.0216. The number of nitrogens with one attached hydrogen (secondary N) is 2. The van der Waals surface area contributed by atoms with Crippen LogP contribution in [-0.4, -0.2) is 5.91 Å². The third-order valence-electron chi connectivity index (χ3n) is 3.51. The summed E-state index contributed by atoms with van der Waals surface area (Å²) >= 11 is 5.94. The van der Waals surface area contributed by atoms with Crippen molar-refractivity contribution in [1.82, 2.24) is 0 Å². The highest BCUT2D eigenvalue weighted by molar-refractivity contribution is 6.30. The number of amides is 1. The quantitative estimate of drug-likeness (QED) is 0.764. The van der Waals surface area contributed by atoms with E-state index >= 15 is 0 Å². The highest BCUT2D eigenvalue weighted by atomic mass is 35.5. The van der Waals surface area contributed by atoms with E-state index < -0.39 is 0 Å². The Hall–Kier alpha value is -2.00. The average molecular weight is 317 g/mol. The molecule has 0 aliphatic rings. The molecule has 0 saturated heterocycles. The van der Waals surface area contributed by atoms with Gasteiger partial charge in [0.1, 0.15) is 0 Å². The summed E-state index contributed by atoms with van der Waals surface area (Å²) in [6.45, 7) is 3.98. The van der Waals surface area contributed by atoms with Gasteiger partial charge in [0.05, 0.1) is 6.04 Å². The molecule has 1 amide bonds. The van der Waals surface area contributed by atoms with Crippen molar-refractivity contribution in [3.63, 3.8) is 0 Å². The zero-order valence-corrected chi connectivity index (χ0v) is 13.7. The number of anilines is 2. The van der Waals surface area contributed by atoms with E-state index in [2.05, 4.69) is 17.6 Å². The Morgan fingerprint density at radius 1 is 1.00 bits per heavy atom. The molecule has 3 nitrogen and oxygen atoms in total. The molecule has 0 radical (unpaired) electrons. The smallest absolute Gasteiger partial charge is 0.224 e. The van der Waals surface area contributed by atoms with Crippen molar-refractivity contribution in [3.05, 3.63) is 59.1 Å². The van der Waals surface area contributed by atoms with E-state index in [0.717, 1.165) is 22.8 Å². The van der Waals surface area contributed by atoms with Gasteiger partial charge in [0, 0.05) is 22.8 Å². The number of benzene rings is 2. The van der Waals surface area contributed by atoms with Crippen LogP contribution < -0.4 is 10.6 Å². The lowest BCUT2D eigenvalue weighted by Crippen LogP contribution is -2.11. The average Bonchev–Trinajstić information content (AvgIpc) is 2.55. The van der Waals surface area contributed by atoms with Crippen molar-refractivity contribution in [1.29, 1.82) is 0 Å². The van der Waals surface area contributed by atoms with Crippen molar-refractivity contribution in [3.8, 4) is 0 Å². The predicted molar refractivity (Wildman–Crippen MR) is 93.5 cm³/mol. The van der Waals surface area contributed by atoms with Gasteiger partial charge in [0.25, 0.3) is 0 Å². The Bertz CT molecular complexity index is 608. The van der Waals surface area contributed by atoms with Gasteiger partial charge in [-0.1, -0.05) is 37.6 Å². The fraction of sp³-hybridized carbons (Fsp3) is 0.278. The van der Waals surface area contributed by atoms with E-state index in [1.165, 1.54) is 5.56 Å². The number of hydrogen-bond donors (Lipinski definition) is 2. The van der Waals surface area contributed by atoms with E-state index in [1.54, 1.807) is 0 Å². The summed E-state index contributed by atoms with van der Waals surface area (Å²) < 4.78 is 0. The van der Waals surface area contributed by atoms with Crippen LogP contribution in [0.5, 0.6) is 0 Å². The third-order valence-corrected chi connectivity index (χ3v) is 3.76. The first kappa shape index (κ1) is 16.4. The van der Waals surface area contributed by atoms with Crippen LogP contribution in [-0.2, 0) is 4.79 Å². The van der Waals surface area contributed by atoms with Crippen molar-refractivity contribution >= 4 is 28.9 Å². The second-order valence-electron chi connectivity index (χ2n) is 5.14. The molecule has 0 bridgehead atoms. The summed E-state index contributed by atoms with van der Waals surface area (Å²) in [6, 6.07) is 15.9. The summed E-state index contributed by atoms with van der Waals surface area (Å²) in [5, 5.41) is 7.09. The van der Waals surface area contributed by atoms with E-state index in [0.29, 0.717) is 6.42 Å². The SMILES string of the molecule is CCC(=O)Nc1ccc(NC(CC)c2ccc(Cl)cc2)cc1. The molecule has 2 aromatic carbocycles. The molecule has 4 heteroatoms. The lowest BCUT2D eigenvalue weighted by atomic mass is 10.0. The second kappa shape index (κ2) is 7.85. The zero-order valence-electron chi connectivity index (χ0n) is 12.9. The van der Waals surface area contributed by atoms with Gasteiger partial charge >= 0.3 is 0 Å². The first-order valence-corrected chi connectivity index (χ1v) is 7.92. The van der Waals surface area contributed by atoms with Gasteiger partial charge in [-0.25, -0.2) is 0 Å². The van der Waals surface area contributed by atoms with Crippen LogP contribution in [0.3, 0.4) is 0 Å². The Morgan fingerprint density at radius 3 is 2.14 bits per heavy atom. The molecule has 0 aliphatic carbocycles. The van der Waals surface area contributed by atoms with Crippen molar-refractivity contribution in [2.45, 2.75) is 32.7 Å². The topological polar surface area (TPSA) is 41.1 Å². The van der Waals surface area contributed by atoms with E-state index in [1.807, 2.05) is 55.5 Å². The highest BCUT2D eigenvalue weighted by Gasteiger charge is 2.09. The largest absolute Gasteiger partial charge is 0.378 e. The molecule has 2 N–H and O–H groups in total. The fourth-order valence-electron chi connectivity index (χ4n) is 2.22. The van der Waals surface area contributed by atoms with Gasteiger partial charge in [-0.2, -0.15) is 0 Å². The fourth-order valence-corrected chi connectivity index (χ4v) is 2.34. The minimum absolute atomic E-state index is 0.0216. The third kappa shape index (κ3) is 4.50. The number of carbonyl (C=O) groups is 1. The maximum Gasteiger partial charge on any atom is 0.224 e. The first-order chi connectivity index (χ1) is 10.6. The van der Waals surface area contributed by atoms with Crippen molar-refractivity contribution in [2.75, 3.05) is 10.6 Å². The number of halogens is 1. The maximum atomic E-state index is 11.4. The maximum absolute atomic E-state index is 11.4. The van der Waals surface area contributed by atoms with Gasteiger partial charge in [0.2, 0.25) is 5.91 Å². The first-order valence-electron chi connectivity index (χ1n) is 7.54. The molecule has 22 heavy (non-hydrogen) atoms. The van der Waals surface area contributed by atoms with Crippen LogP contribution in [0.2, 0.25) is 5.02 Å². The Kier molecular flexibility index (Phi) is 5.84. The van der Waals surface area contributed by atoms with E-state index in [4.69, 9.17) is 11.6 Å². The normalized spacial score (nSPS) is 11.8. The molecule has 0 fully saturated rings. The van der Waals surface area contributed by atoms with Gasteiger partial charge in [0.15, 0.2) is 0 Å². The number of rotatable bonds is 6. The Balaban J connectivity index is 2.05. The summed E-state index contributed by atoms with van der Waals surface area (Å²) in [5.41, 5.74) is 3.04. The second-order valence-corrected chi connectivity index (χ2v) is 5.57. The molecule has 116 valence electrons. The predicted octanol–water partition coefficient (Wildman–Crippen LogP) is 5.25. The molecule has 0 heterocycles. The van der Waals surface area contributed by atoms with E-state index in [-0.39, 0.29) is 11.9 Å². The van der Waals surface area contributed by atoms with Crippen LogP contribution in [0.4, 0.5) is 11.4 Å².